The van der Waals surface area contributed by atoms with Gasteiger partial charge in [-0.2, -0.15) is 0 Å². The van der Waals surface area contributed by atoms with E-state index in [9.17, 15) is 4.39 Å². The molecule has 0 amide bonds. The van der Waals surface area contributed by atoms with Gasteiger partial charge >= 0.3 is 0 Å². The minimum absolute atomic E-state index is 0.0132. The Labute approximate surface area is 80.3 Å². The average molecular weight is 188 g/mol. The Hall–Kier alpha value is -0.150. The van der Waals surface area contributed by atoms with E-state index in [1.54, 1.807) is 0 Å². The Morgan fingerprint density at radius 3 is 2.23 bits per heavy atom. The van der Waals surface area contributed by atoms with Crippen LogP contribution in [0.25, 0.3) is 0 Å². The molecule has 1 aliphatic heterocycles. The molecule has 0 unspecified atom stereocenters. The molecule has 3 heteroatoms. The van der Waals surface area contributed by atoms with Gasteiger partial charge in [-0.25, -0.2) is 4.39 Å². The molecule has 2 N–H and O–H groups in total. The van der Waals surface area contributed by atoms with Crippen molar-refractivity contribution in [3.8, 4) is 0 Å². The van der Waals surface area contributed by atoms with E-state index in [2.05, 4.69) is 32.6 Å². The predicted molar refractivity (Wildman–Crippen MR) is 53.4 cm³/mol. The van der Waals surface area contributed by atoms with Crippen molar-refractivity contribution < 1.29 is 4.39 Å². The van der Waals surface area contributed by atoms with Crippen molar-refractivity contribution in [3.63, 3.8) is 0 Å². The summed E-state index contributed by atoms with van der Waals surface area (Å²) < 4.78 is 13.5. The molecular weight excluding hydrogens is 167 g/mol. The second-order valence-electron chi connectivity index (χ2n) is 4.98. The fourth-order valence-electron chi connectivity index (χ4n) is 2.25. The Kier molecular flexibility index (Phi) is 2.98. The predicted octanol–water partition coefficient (Wildman–Crippen LogP) is 1.40. The van der Waals surface area contributed by atoms with Crippen LogP contribution in [0.2, 0.25) is 0 Å². The summed E-state index contributed by atoms with van der Waals surface area (Å²) in [5, 5.41) is 0. The minimum atomic E-state index is -0.751. The highest BCUT2D eigenvalue weighted by Crippen LogP contribution is 2.31. The molecule has 1 saturated heterocycles. The first kappa shape index (κ1) is 10.9. The number of likely N-dealkylation sites (tertiary alicyclic amines) is 1. The molecule has 78 valence electrons. The lowest BCUT2D eigenvalue weighted by atomic mass is 9.99. The van der Waals surface area contributed by atoms with E-state index >= 15 is 0 Å². The monoisotopic (exact) mass is 188 g/mol. The zero-order valence-electron chi connectivity index (χ0n) is 9.05. The van der Waals surface area contributed by atoms with Gasteiger partial charge in [0.1, 0.15) is 6.17 Å². The van der Waals surface area contributed by atoms with Crippen LogP contribution < -0.4 is 5.73 Å². The van der Waals surface area contributed by atoms with Crippen LogP contribution in [0.4, 0.5) is 4.39 Å². The van der Waals surface area contributed by atoms with Gasteiger partial charge in [0.2, 0.25) is 0 Å². The number of rotatable bonds is 1. The lowest BCUT2D eigenvalue weighted by molar-refractivity contribution is 0.117. The number of nitrogens with zero attached hydrogens (tertiary/aromatic N) is 1. The summed E-state index contributed by atoms with van der Waals surface area (Å²) in [4.78, 5) is 2.20. The highest BCUT2D eigenvalue weighted by atomic mass is 19.1. The first-order valence-electron chi connectivity index (χ1n) is 4.99. The third-order valence-corrected chi connectivity index (χ3v) is 3.08. The van der Waals surface area contributed by atoms with Crippen LogP contribution >= 0.6 is 0 Å². The SMILES string of the molecule is C[C@@H]1[C@@H](CN)[C@@H](F)CN1C(C)(C)C. The number of nitrogens with two attached hydrogens (primary N) is 1. The number of hydrogen-bond acceptors (Lipinski definition) is 2. The van der Waals surface area contributed by atoms with E-state index < -0.39 is 6.17 Å². The molecule has 2 nitrogen and oxygen atoms in total. The summed E-state index contributed by atoms with van der Waals surface area (Å²) in [5.74, 6) is 0.0132. The maximum Gasteiger partial charge on any atom is 0.118 e. The first-order valence-corrected chi connectivity index (χ1v) is 4.99. The van der Waals surface area contributed by atoms with Gasteiger partial charge in [-0.05, 0) is 34.2 Å². The molecule has 0 aromatic rings. The Bertz CT molecular complexity index is 176. The van der Waals surface area contributed by atoms with Gasteiger partial charge in [0.15, 0.2) is 0 Å². The molecule has 0 aromatic carbocycles. The van der Waals surface area contributed by atoms with Crippen LogP contribution in [-0.2, 0) is 0 Å². The molecule has 1 fully saturated rings. The highest BCUT2D eigenvalue weighted by molar-refractivity contribution is 4.96. The standard InChI is InChI=1S/C10H21FN2/c1-7-8(5-12)9(11)6-13(7)10(2,3)4/h7-9H,5-6,12H2,1-4H3/t7-,8-,9+/m1/s1. The summed E-state index contributed by atoms with van der Waals surface area (Å²) in [6.07, 6.45) is -0.751. The van der Waals surface area contributed by atoms with Crippen LogP contribution in [0.5, 0.6) is 0 Å². The van der Waals surface area contributed by atoms with Gasteiger partial charge < -0.3 is 5.73 Å². The van der Waals surface area contributed by atoms with E-state index in [0.29, 0.717) is 13.1 Å². The summed E-state index contributed by atoms with van der Waals surface area (Å²) in [7, 11) is 0. The lowest BCUT2D eigenvalue weighted by Crippen LogP contribution is -2.45. The van der Waals surface area contributed by atoms with Gasteiger partial charge in [-0.15, -0.1) is 0 Å². The summed E-state index contributed by atoms with van der Waals surface area (Å²) in [6, 6.07) is 0.264. The van der Waals surface area contributed by atoms with Crippen molar-refractivity contribution in [1.82, 2.24) is 4.90 Å². The number of hydrogen-bond donors (Lipinski definition) is 1. The molecule has 1 aliphatic rings. The topological polar surface area (TPSA) is 29.3 Å². The molecule has 3 atom stereocenters. The fraction of sp³-hybridized carbons (Fsp3) is 1.00. The Balaban J connectivity index is 2.73. The third kappa shape index (κ3) is 2.02. The minimum Gasteiger partial charge on any atom is -0.330 e. The van der Waals surface area contributed by atoms with Crippen LogP contribution in [0.15, 0.2) is 0 Å². The maximum absolute atomic E-state index is 13.5. The van der Waals surface area contributed by atoms with Crippen LogP contribution in [0.3, 0.4) is 0 Å². The van der Waals surface area contributed by atoms with E-state index in [4.69, 9.17) is 5.73 Å². The molecule has 1 heterocycles. The van der Waals surface area contributed by atoms with Crippen molar-refractivity contribution in [1.29, 1.82) is 0 Å². The maximum atomic E-state index is 13.5. The zero-order valence-corrected chi connectivity index (χ0v) is 9.05. The molecule has 0 aromatic heterocycles. The molecule has 0 saturated carbocycles. The van der Waals surface area contributed by atoms with Gasteiger partial charge in [-0.1, -0.05) is 0 Å². The quantitative estimate of drug-likeness (QED) is 0.674. The average Bonchev–Trinajstić information content (AvgIpc) is 2.25. The number of alkyl halides is 1. The van der Waals surface area contributed by atoms with E-state index in [-0.39, 0.29) is 17.5 Å². The molecule has 1 rings (SSSR count). The largest absolute Gasteiger partial charge is 0.330 e. The van der Waals surface area contributed by atoms with Gasteiger partial charge in [0.25, 0.3) is 0 Å². The van der Waals surface area contributed by atoms with Crippen LogP contribution in [-0.4, -0.2) is 35.7 Å². The highest BCUT2D eigenvalue weighted by Gasteiger charge is 2.42. The molecule has 0 aliphatic carbocycles. The lowest BCUT2D eigenvalue weighted by Gasteiger charge is -2.36. The van der Waals surface area contributed by atoms with Gasteiger partial charge in [-0.3, -0.25) is 4.90 Å². The molecule has 0 spiro atoms. The van der Waals surface area contributed by atoms with E-state index in [1.807, 2.05) is 0 Å². The molecule has 13 heavy (non-hydrogen) atoms. The van der Waals surface area contributed by atoms with Crippen molar-refractivity contribution in [2.75, 3.05) is 13.1 Å². The smallest absolute Gasteiger partial charge is 0.118 e. The molecule has 0 radical (unpaired) electrons. The zero-order chi connectivity index (χ0) is 10.2. The van der Waals surface area contributed by atoms with Crippen molar-refractivity contribution in [2.24, 2.45) is 11.7 Å². The molecular formula is C10H21FN2. The first-order chi connectivity index (χ1) is 5.88. The van der Waals surface area contributed by atoms with Gasteiger partial charge in [0, 0.05) is 24.0 Å². The van der Waals surface area contributed by atoms with Crippen LogP contribution in [0.1, 0.15) is 27.7 Å². The van der Waals surface area contributed by atoms with Gasteiger partial charge in [0.05, 0.1) is 0 Å². The van der Waals surface area contributed by atoms with E-state index in [1.165, 1.54) is 0 Å². The molecule has 0 bridgehead atoms. The summed E-state index contributed by atoms with van der Waals surface area (Å²) >= 11 is 0. The second kappa shape index (κ2) is 3.54. The summed E-state index contributed by atoms with van der Waals surface area (Å²) in [6.45, 7) is 9.42. The number of halogens is 1. The van der Waals surface area contributed by atoms with Crippen molar-refractivity contribution in [3.05, 3.63) is 0 Å². The third-order valence-electron chi connectivity index (χ3n) is 3.08. The second-order valence-corrected chi connectivity index (χ2v) is 4.98. The normalized spacial score (nSPS) is 36.9. The Morgan fingerprint density at radius 1 is 1.46 bits per heavy atom. The van der Waals surface area contributed by atoms with Crippen molar-refractivity contribution in [2.45, 2.75) is 45.4 Å². The van der Waals surface area contributed by atoms with Crippen LogP contribution in [0, 0.1) is 5.92 Å². The fourth-order valence-corrected chi connectivity index (χ4v) is 2.25. The van der Waals surface area contributed by atoms with E-state index in [0.717, 1.165) is 0 Å². The summed E-state index contributed by atoms with van der Waals surface area (Å²) in [5.41, 5.74) is 5.60. The Morgan fingerprint density at radius 2 is 2.00 bits per heavy atom. The van der Waals surface area contributed by atoms with Crippen molar-refractivity contribution >= 4 is 0 Å².